The molecule has 3 rings (SSSR count). The van der Waals surface area contributed by atoms with Gasteiger partial charge in [-0.05, 0) is 19.4 Å². The van der Waals surface area contributed by atoms with E-state index in [9.17, 15) is 9.59 Å². The van der Waals surface area contributed by atoms with Crippen molar-refractivity contribution in [2.24, 2.45) is 0 Å². The summed E-state index contributed by atoms with van der Waals surface area (Å²) in [6.45, 7) is 1.90. The fourth-order valence-electron chi connectivity index (χ4n) is 2.44. The van der Waals surface area contributed by atoms with Crippen LogP contribution in [0.25, 0.3) is 11.0 Å². The standard InChI is InChI=1S/C13H14N4O2/c1-8-5-11-9(6-14-8)15-7-17(11)10-3-4-12(18)16(2)13(10)19/h5-7,10H,3-4H2,1-2H3. The Morgan fingerprint density at radius 3 is 2.89 bits per heavy atom. The summed E-state index contributed by atoms with van der Waals surface area (Å²) >= 11 is 0. The van der Waals surface area contributed by atoms with E-state index in [1.54, 1.807) is 12.5 Å². The Bertz CT molecular complexity index is 676. The van der Waals surface area contributed by atoms with E-state index in [1.165, 1.54) is 11.9 Å². The van der Waals surface area contributed by atoms with Crippen LogP contribution in [0.5, 0.6) is 0 Å². The molecular weight excluding hydrogens is 244 g/mol. The van der Waals surface area contributed by atoms with Gasteiger partial charge in [0.05, 0.1) is 18.0 Å². The zero-order valence-electron chi connectivity index (χ0n) is 10.8. The summed E-state index contributed by atoms with van der Waals surface area (Å²) in [4.78, 5) is 33.4. The number of imide groups is 1. The van der Waals surface area contributed by atoms with Gasteiger partial charge in [-0.1, -0.05) is 0 Å². The van der Waals surface area contributed by atoms with Crippen LogP contribution in [0.1, 0.15) is 24.6 Å². The van der Waals surface area contributed by atoms with E-state index >= 15 is 0 Å². The molecule has 1 fully saturated rings. The molecule has 0 spiro atoms. The average molecular weight is 258 g/mol. The quantitative estimate of drug-likeness (QED) is 0.717. The first-order valence-electron chi connectivity index (χ1n) is 6.17. The van der Waals surface area contributed by atoms with Gasteiger partial charge < -0.3 is 4.57 Å². The van der Waals surface area contributed by atoms with Crippen LogP contribution < -0.4 is 0 Å². The average Bonchev–Trinajstić information content (AvgIpc) is 2.79. The number of carbonyl (C=O) groups excluding carboxylic acids is 2. The molecule has 6 heteroatoms. The highest BCUT2D eigenvalue weighted by Gasteiger charge is 2.33. The van der Waals surface area contributed by atoms with Gasteiger partial charge in [-0.2, -0.15) is 0 Å². The predicted molar refractivity (Wildman–Crippen MR) is 68.3 cm³/mol. The van der Waals surface area contributed by atoms with Crippen LogP contribution in [0.4, 0.5) is 0 Å². The zero-order chi connectivity index (χ0) is 13.6. The van der Waals surface area contributed by atoms with Crippen molar-refractivity contribution in [2.75, 3.05) is 7.05 Å². The van der Waals surface area contributed by atoms with Crippen molar-refractivity contribution in [3.05, 3.63) is 24.3 Å². The van der Waals surface area contributed by atoms with Crippen LogP contribution in [-0.4, -0.2) is 38.3 Å². The number of amides is 2. The lowest BCUT2D eigenvalue weighted by Crippen LogP contribution is -2.43. The van der Waals surface area contributed by atoms with E-state index in [2.05, 4.69) is 9.97 Å². The summed E-state index contributed by atoms with van der Waals surface area (Å²) in [5.74, 6) is -0.298. The number of carbonyl (C=O) groups is 2. The van der Waals surface area contributed by atoms with Crippen molar-refractivity contribution in [3.8, 4) is 0 Å². The van der Waals surface area contributed by atoms with Crippen molar-refractivity contribution in [2.45, 2.75) is 25.8 Å². The molecular formula is C13H14N4O2. The van der Waals surface area contributed by atoms with Gasteiger partial charge in [-0.25, -0.2) is 4.98 Å². The summed E-state index contributed by atoms with van der Waals surface area (Å²) in [6.07, 6.45) is 4.26. The number of nitrogens with zero attached hydrogens (tertiary/aromatic N) is 4. The molecule has 0 bridgehead atoms. The highest BCUT2D eigenvalue weighted by molar-refractivity contribution is 5.99. The third-order valence-electron chi connectivity index (χ3n) is 3.56. The fraction of sp³-hybridized carbons (Fsp3) is 0.385. The molecule has 0 aromatic carbocycles. The first kappa shape index (κ1) is 11.8. The van der Waals surface area contributed by atoms with Gasteiger partial charge in [0, 0.05) is 19.2 Å². The van der Waals surface area contributed by atoms with Crippen LogP contribution in [0, 0.1) is 6.92 Å². The number of aryl methyl sites for hydroxylation is 1. The molecule has 98 valence electrons. The lowest BCUT2D eigenvalue weighted by molar-refractivity contribution is -0.149. The summed E-state index contributed by atoms with van der Waals surface area (Å²) in [7, 11) is 1.53. The minimum atomic E-state index is -0.352. The third kappa shape index (κ3) is 1.80. The number of likely N-dealkylation sites (tertiary alicyclic amines) is 1. The van der Waals surface area contributed by atoms with E-state index in [-0.39, 0.29) is 17.9 Å². The lowest BCUT2D eigenvalue weighted by atomic mass is 10.0. The van der Waals surface area contributed by atoms with Gasteiger partial charge >= 0.3 is 0 Å². The molecule has 1 aliphatic heterocycles. The molecule has 1 saturated heterocycles. The molecule has 1 aliphatic rings. The number of imidazole rings is 1. The first-order chi connectivity index (χ1) is 9.08. The second kappa shape index (κ2) is 4.15. The van der Waals surface area contributed by atoms with E-state index in [0.717, 1.165) is 16.7 Å². The molecule has 2 amide bonds. The van der Waals surface area contributed by atoms with Gasteiger partial charge in [0.2, 0.25) is 5.91 Å². The Labute approximate surface area is 110 Å². The van der Waals surface area contributed by atoms with Gasteiger partial charge in [0.15, 0.2) is 0 Å². The molecule has 1 atom stereocenters. The second-order valence-corrected chi connectivity index (χ2v) is 4.81. The Morgan fingerprint density at radius 1 is 1.32 bits per heavy atom. The number of fused-ring (bicyclic) bond motifs is 1. The summed E-state index contributed by atoms with van der Waals surface area (Å²) < 4.78 is 1.84. The second-order valence-electron chi connectivity index (χ2n) is 4.81. The number of rotatable bonds is 1. The number of likely N-dealkylation sites (N-methyl/N-ethyl adjacent to an activating group) is 1. The van der Waals surface area contributed by atoms with Gasteiger partial charge in [0.25, 0.3) is 5.91 Å². The molecule has 6 nitrogen and oxygen atoms in total. The van der Waals surface area contributed by atoms with Crippen molar-refractivity contribution in [1.29, 1.82) is 0 Å². The van der Waals surface area contributed by atoms with Crippen molar-refractivity contribution >= 4 is 22.8 Å². The van der Waals surface area contributed by atoms with Crippen LogP contribution in [0.2, 0.25) is 0 Å². The van der Waals surface area contributed by atoms with E-state index < -0.39 is 0 Å². The first-order valence-corrected chi connectivity index (χ1v) is 6.17. The Balaban J connectivity index is 2.07. The third-order valence-corrected chi connectivity index (χ3v) is 3.56. The van der Waals surface area contributed by atoms with E-state index in [0.29, 0.717) is 12.8 Å². The van der Waals surface area contributed by atoms with E-state index in [4.69, 9.17) is 0 Å². The highest BCUT2D eigenvalue weighted by atomic mass is 16.2. The SMILES string of the molecule is Cc1cc2c(cn1)ncn2C1CCC(=O)N(C)C1=O. The molecule has 0 N–H and O–H groups in total. The molecule has 3 heterocycles. The van der Waals surface area contributed by atoms with Gasteiger partial charge in [-0.15, -0.1) is 0 Å². The summed E-state index contributed by atoms with van der Waals surface area (Å²) in [6, 6.07) is 1.56. The molecule has 1 unspecified atom stereocenters. The Hall–Kier alpha value is -2.24. The highest BCUT2D eigenvalue weighted by Crippen LogP contribution is 2.26. The maximum atomic E-state index is 12.2. The summed E-state index contributed by atoms with van der Waals surface area (Å²) in [5.41, 5.74) is 2.52. The van der Waals surface area contributed by atoms with Crippen LogP contribution in [-0.2, 0) is 9.59 Å². The van der Waals surface area contributed by atoms with Gasteiger partial charge in [-0.3, -0.25) is 19.5 Å². The number of aromatic nitrogens is 3. The number of pyridine rings is 1. The number of hydrogen-bond donors (Lipinski definition) is 0. The fourth-order valence-corrected chi connectivity index (χ4v) is 2.44. The Kier molecular flexibility index (Phi) is 2.58. The van der Waals surface area contributed by atoms with Crippen LogP contribution >= 0.6 is 0 Å². The summed E-state index contributed by atoms with van der Waals surface area (Å²) in [5, 5.41) is 0. The lowest BCUT2D eigenvalue weighted by Gasteiger charge is -2.28. The molecule has 0 saturated carbocycles. The van der Waals surface area contributed by atoms with Crippen molar-refractivity contribution < 1.29 is 9.59 Å². The smallest absolute Gasteiger partial charge is 0.252 e. The van der Waals surface area contributed by atoms with Gasteiger partial charge in [0.1, 0.15) is 11.6 Å². The number of hydrogen-bond acceptors (Lipinski definition) is 4. The molecule has 2 aromatic heterocycles. The monoisotopic (exact) mass is 258 g/mol. The predicted octanol–water partition coefficient (Wildman–Crippen LogP) is 1.06. The molecule has 2 aromatic rings. The maximum Gasteiger partial charge on any atom is 0.252 e. The topological polar surface area (TPSA) is 68.1 Å². The molecule has 19 heavy (non-hydrogen) atoms. The number of piperidine rings is 1. The van der Waals surface area contributed by atoms with Crippen molar-refractivity contribution in [1.82, 2.24) is 19.4 Å². The molecule has 0 aliphatic carbocycles. The normalized spacial score (nSPS) is 20.3. The maximum absolute atomic E-state index is 12.2. The largest absolute Gasteiger partial charge is 0.318 e. The Morgan fingerprint density at radius 2 is 2.11 bits per heavy atom. The van der Waals surface area contributed by atoms with Crippen LogP contribution in [0.15, 0.2) is 18.6 Å². The van der Waals surface area contributed by atoms with E-state index in [1.807, 2.05) is 17.6 Å². The van der Waals surface area contributed by atoms with Crippen LogP contribution in [0.3, 0.4) is 0 Å². The van der Waals surface area contributed by atoms with Crippen molar-refractivity contribution in [3.63, 3.8) is 0 Å². The minimum Gasteiger partial charge on any atom is -0.318 e. The minimum absolute atomic E-state index is 0.122. The molecule has 0 radical (unpaired) electrons. The zero-order valence-corrected chi connectivity index (χ0v) is 10.8.